The van der Waals surface area contributed by atoms with Crippen molar-refractivity contribution in [1.29, 1.82) is 0 Å². The molecular weight excluding hydrogens is 357 g/mol. The second-order valence-electron chi connectivity index (χ2n) is 5.77. The second kappa shape index (κ2) is 5.92. The zero-order valence-corrected chi connectivity index (χ0v) is 14.3. The molecule has 3 aromatic rings. The van der Waals surface area contributed by atoms with Crippen LogP contribution in [-0.2, 0) is 4.79 Å². The Kier molecular flexibility index (Phi) is 3.69. The molecule has 2 aromatic carbocycles. The summed E-state index contributed by atoms with van der Waals surface area (Å²) in [5.41, 5.74) is 1.45. The first-order valence-corrected chi connectivity index (χ1v) is 8.44. The minimum Gasteiger partial charge on any atom is -0.506 e. The average Bonchev–Trinajstić information content (AvgIpc) is 3.09. The number of amides is 1. The number of rotatable bonds is 3. The van der Waals surface area contributed by atoms with Crippen LogP contribution in [0.2, 0.25) is 0 Å². The second-order valence-corrected chi connectivity index (χ2v) is 6.77. The number of benzene rings is 2. The predicted molar refractivity (Wildman–Crippen MR) is 94.6 cm³/mol. The van der Waals surface area contributed by atoms with Crippen molar-refractivity contribution in [3.05, 3.63) is 63.2 Å². The minimum atomic E-state index is -0.561. The third-order valence-electron chi connectivity index (χ3n) is 3.89. The molecule has 1 aliphatic heterocycles. The van der Waals surface area contributed by atoms with Crippen LogP contribution in [0.25, 0.3) is 5.57 Å². The molecule has 0 unspecified atom stereocenters. The fourth-order valence-corrected chi connectivity index (χ4v) is 3.62. The van der Waals surface area contributed by atoms with E-state index in [0.717, 1.165) is 16.9 Å². The van der Waals surface area contributed by atoms with Crippen molar-refractivity contribution in [2.45, 2.75) is 6.92 Å². The van der Waals surface area contributed by atoms with Crippen molar-refractivity contribution < 1.29 is 19.4 Å². The molecule has 8 heteroatoms. The Morgan fingerprint density at radius 2 is 1.96 bits per heavy atom. The molecule has 0 spiro atoms. The van der Waals surface area contributed by atoms with Crippen LogP contribution in [-0.4, -0.2) is 21.1 Å². The van der Waals surface area contributed by atoms with Gasteiger partial charge < -0.3 is 15.5 Å². The molecule has 1 aromatic heterocycles. The van der Waals surface area contributed by atoms with E-state index in [0.29, 0.717) is 16.3 Å². The van der Waals surface area contributed by atoms with Gasteiger partial charge in [-0.2, -0.15) is 4.98 Å². The number of carbonyl (C=O) groups excluding carboxylic acids is 1. The Bertz CT molecular complexity index is 1190. The van der Waals surface area contributed by atoms with Crippen molar-refractivity contribution >= 4 is 33.6 Å². The summed E-state index contributed by atoms with van der Waals surface area (Å²) in [7, 11) is 0. The molecule has 4 rings (SSSR count). The molecule has 1 amide bonds. The number of nitrogens with zero attached hydrogens (tertiary/aromatic N) is 2. The summed E-state index contributed by atoms with van der Waals surface area (Å²) in [6.07, 6.45) is 0. The van der Waals surface area contributed by atoms with Crippen molar-refractivity contribution in [3.8, 4) is 11.6 Å². The number of hydrogen-bond acceptors (Lipinski definition) is 6. The fourth-order valence-electron chi connectivity index (χ4n) is 2.70. The Morgan fingerprint density at radius 3 is 2.77 bits per heavy atom. The number of anilines is 2. The molecule has 1 aliphatic rings. The quantitative estimate of drug-likeness (QED) is 0.615. The summed E-state index contributed by atoms with van der Waals surface area (Å²) in [4.78, 5) is 20.3. The van der Waals surface area contributed by atoms with Crippen molar-refractivity contribution in [2.75, 3.05) is 5.32 Å². The van der Waals surface area contributed by atoms with E-state index in [-0.39, 0.29) is 27.2 Å². The number of phenols is 1. The molecule has 0 radical (unpaired) electrons. The first-order valence-electron chi connectivity index (χ1n) is 7.62. The van der Waals surface area contributed by atoms with Gasteiger partial charge in [0, 0.05) is 5.22 Å². The van der Waals surface area contributed by atoms with Crippen LogP contribution < -0.4 is 15.9 Å². The van der Waals surface area contributed by atoms with Crippen LogP contribution in [0.15, 0.2) is 41.4 Å². The largest absolute Gasteiger partial charge is 0.506 e. The van der Waals surface area contributed by atoms with Gasteiger partial charge in [-0.1, -0.05) is 17.4 Å². The van der Waals surface area contributed by atoms with E-state index in [1.165, 1.54) is 18.2 Å². The van der Waals surface area contributed by atoms with Gasteiger partial charge >= 0.3 is 0 Å². The number of aromatic nitrogens is 1. The molecule has 0 fully saturated rings. The Labute approximate surface area is 150 Å². The smallest absolute Gasteiger partial charge is 0.279 e. The number of phenolic OH excluding ortho intramolecular Hbond substituents is 1. The summed E-state index contributed by atoms with van der Waals surface area (Å²) in [5, 5.41) is 24.0. The van der Waals surface area contributed by atoms with E-state index in [9.17, 15) is 19.4 Å². The van der Waals surface area contributed by atoms with Gasteiger partial charge in [-0.15, -0.1) is 0 Å². The molecule has 0 aliphatic carbocycles. The molecule has 3 N–H and O–H groups in total. The summed E-state index contributed by atoms with van der Waals surface area (Å²) in [6.45, 7) is 1.87. The average molecular weight is 369 g/mol. The molecule has 0 atom stereocenters. The van der Waals surface area contributed by atoms with Crippen LogP contribution in [0.3, 0.4) is 0 Å². The van der Waals surface area contributed by atoms with Gasteiger partial charge in [0.2, 0.25) is 5.88 Å². The van der Waals surface area contributed by atoms with Crippen molar-refractivity contribution in [2.24, 2.45) is 4.99 Å². The summed E-state index contributed by atoms with van der Waals surface area (Å²) in [5.74, 6) is -1.40. The summed E-state index contributed by atoms with van der Waals surface area (Å²) in [6, 6.07) is 8.86. The lowest BCUT2D eigenvalue weighted by Crippen LogP contribution is -2.23. The lowest BCUT2D eigenvalue weighted by molar-refractivity contribution is -0.112. The topological polar surface area (TPSA) is 94.8 Å². The highest BCUT2D eigenvalue weighted by Crippen LogP contribution is 2.37. The van der Waals surface area contributed by atoms with E-state index in [1.54, 1.807) is 18.2 Å². The minimum absolute atomic E-state index is 0.0267. The van der Waals surface area contributed by atoms with Crippen LogP contribution in [0.1, 0.15) is 10.4 Å². The van der Waals surface area contributed by atoms with Crippen LogP contribution in [0, 0.1) is 12.7 Å². The van der Waals surface area contributed by atoms with Crippen LogP contribution >= 0.6 is 11.3 Å². The van der Waals surface area contributed by atoms with E-state index >= 15 is 0 Å². The first kappa shape index (κ1) is 16.2. The highest BCUT2D eigenvalue weighted by Gasteiger charge is 2.25. The van der Waals surface area contributed by atoms with Gasteiger partial charge in [-0.3, -0.25) is 4.79 Å². The summed E-state index contributed by atoms with van der Waals surface area (Å²) >= 11 is 1.02. The maximum absolute atomic E-state index is 13.6. The Balaban J connectivity index is 1.81. The molecular formula is C18H12FN3O3S. The molecule has 0 saturated carbocycles. The van der Waals surface area contributed by atoms with Crippen molar-refractivity contribution in [1.82, 2.24) is 4.98 Å². The third kappa shape index (κ3) is 2.70. The van der Waals surface area contributed by atoms with Gasteiger partial charge in [-0.05, 0) is 42.8 Å². The summed E-state index contributed by atoms with van der Waals surface area (Å²) < 4.78 is 13.6. The lowest BCUT2D eigenvalue weighted by atomic mass is 10.1. The number of carbonyl (C=O) groups is 1. The molecule has 0 bridgehead atoms. The van der Waals surface area contributed by atoms with E-state index in [1.807, 2.05) is 6.92 Å². The molecule has 26 heavy (non-hydrogen) atoms. The number of hydrogen-bond donors (Lipinski definition) is 3. The number of nitrogens with one attached hydrogen (secondary N) is 1. The van der Waals surface area contributed by atoms with Gasteiger partial charge in [-0.25, -0.2) is 9.38 Å². The number of aromatic hydroxyl groups is 2. The molecule has 0 saturated heterocycles. The number of fused-ring (bicyclic) bond motifs is 1. The van der Waals surface area contributed by atoms with Gasteiger partial charge in [0.25, 0.3) is 5.91 Å². The van der Waals surface area contributed by atoms with E-state index in [2.05, 4.69) is 15.3 Å². The number of aryl methyl sites for hydroxylation is 1. The fraction of sp³-hybridized carbons (Fsp3) is 0.0556. The monoisotopic (exact) mass is 369 g/mol. The third-order valence-corrected chi connectivity index (χ3v) is 4.87. The predicted octanol–water partition coefficient (Wildman–Crippen LogP) is 2.10. The van der Waals surface area contributed by atoms with Crippen molar-refractivity contribution in [3.63, 3.8) is 0 Å². The van der Waals surface area contributed by atoms with Crippen LogP contribution in [0.5, 0.6) is 11.6 Å². The first-order chi connectivity index (χ1) is 12.4. The van der Waals surface area contributed by atoms with E-state index in [4.69, 9.17) is 0 Å². The zero-order chi connectivity index (χ0) is 18.4. The Hall–Kier alpha value is -3.26. The van der Waals surface area contributed by atoms with Gasteiger partial charge in [0.15, 0.2) is 5.13 Å². The SMILES string of the molecule is Cc1ccc(O)c(Nc2nc(O)c(C3=c4cc(F)ccc4=NC3=O)s2)c1. The molecule has 2 heterocycles. The van der Waals surface area contributed by atoms with Gasteiger partial charge in [0.1, 0.15) is 16.4 Å². The maximum Gasteiger partial charge on any atom is 0.279 e. The number of thiazole rings is 1. The highest BCUT2D eigenvalue weighted by atomic mass is 32.1. The normalized spacial score (nSPS) is 12.8. The highest BCUT2D eigenvalue weighted by molar-refractivity contribution is 7.17. The van der Waals surface area contributed by atoms with Gasteiger partial charge in [0.05, 0.1) is 16.6 Å². The van der Waals surface area contributed by atoms with Crippen LogP contribution in [0.4, 0.5) is 15.2 Å². The number of halogens is 1. The molecule has 6 nitrogen and oxygen atoms in total. The Morgan fingerprint density at radius 1 is 1.15 bits per heavy atom. The lowest BCUT2D eigenvalue weighted by Gasteiger charge is -2.05. The molecule has 130 valence electrons. The van der Waals surface area contributed by atoms with E-state index < -0.39 is 11.7 Å². The zero-order valence-electron chi connectivity index (χ0n) is 13.4. The maximum atomic E-state index is 13.6. The standard InChI is InChI=1S/C18H12FN3O3S/c1-8-2-5-13(23)12(6-8)21-18-22-17(25)15(26-18)14-10-7-9(19)3-4-11(10)20-16(14)24/h2-7,23,25H,1H3,(H,21,22).